The number of aromatic nitrogens is 4. The summed E-state index contributed by atoms with van der Waals surface area (Å²) in [6, 6.07) is 10.4. The summed E-state index contributed by atoms with van der Waals surface area (Å²) in [7, 11) is 0. The van der Waals surface area contributed by atoms with E-state index in [9.17, 15) is 0 Å². The van der Waals surface area contributed by atoms with E-state index in [2.05, 4.69) is 49.7 Å². The van der Waals surface area contributed by atoms with Crippen LogP contribution in [0.5, 0.6) is 0 Å². The number of anilines is 2. The molecule has 3 aromatic rings. The van der Waals surface area contributed by atoms with Crippen LogP contribution in [0.3, 0.4) is 0 Å². The lowest BCUT2D eigenvalue weighted by Crippen LogP contribution is -2.03. The number of nitrogens with zero attached hydrogens (tertiary/aromatic N) is 3. The molecule has 0 saturated heterocycles. The number of rotatable bonds is 5. The molecule has 0 aliphatic rings. The fraction of sp³-hybridized carbons (Fsp3) is 0.188. The van der Waals surface area contributed by atoms with Crippen LogP contribution in [0.25, 0.3) is 0 Å². The summed E-state index contributed by atoms with van der Waals surface area (Å²) in [5.74, 6) is 0.602. The monoisotopic (exact) mass is 279 g/mol. The Hall–Kier alpha value is -2.69. The Morgan fingerprint density at radius 1 is 1.10 bits per heavy atom. The van der Waals surface area contributed by atoms with Crippen molar-refractivity contribution in [3.63, 3.8) is 0 Å². The lowest BCUT2D eigenvalue weighted by Gasteiger charge is -2.08. The van der Waals surface area contributed by atoms with E-state index in [-0.39, 0.29) is 0 Å². The molecule has 0 saturated carbocycles. The quantitative estimate of drug-likeness (QED) is 0.753. The van der Waals surface area contributed by atoms with Gasteiger partial charge < -0.3 is 5.32 Å². The maximum Gasteiger partial charge on any atom is 0.227 e. The topological polar surface area (TPSA) is 66.5 Å². The molecule has 0 atom stereocenters. The number of benzene rings is 1. The highest BCUT2D eigenvalue weighted by atomic mass is 15.2. The van der Waals surface area contributed by atoms with Crippen LogP contribution < -0.4 is 5.32 Å². The first kappa shape index (κ1) is 13.3. The molecule has 106 valence electrons. The molecule has 0 fully saturated rings. The number of nitrogens with one attached hydrogen (secondary N) is 2. The summed E-state index contributed by atoms with van der Waals surface area (Å²) < 4.78 is 0. The third-order valence-corrected chi connectivity index (χ3v) is 3.32. The zero-order chi connectivity index (χ0) is 14.5. The second-order valence-electron chi connectivity index (χ2n) is 4.92. The molecule has 21 heavy (non-hydrogen) atoms. The van der Waals surface area contributed by atoms with E-state index in [1.165, 1.54) is 5.56 Å². The normalized spacial score (nSPS) is 10.5. The molecule has 0 radical (unpaired) electrons. The van der Waals surface area contributed by atoms with E-state index >= 15 is 0 Å². The molecule has 2 heterocycles. The van der Waals surface area contributed by atoms with Gasteiger partial charge in [0.25, 0.3) is 0 Å². The van der Waals surface area contributed by atoms with Crippen molar-refractivity contribution >= 4 is 11.6 Å². The molecule has 0 aliphatic carbocycles. The van der Waals surface area contributed by atoms with Gasteiger partial charge in [-0.3, -0.25) is 5.10 Å². The minimum absolute atomic E-state index is 0.602. The molecule has 3 rings (SSSR count). The second kappa shape index (κ2) is 6.17. The largest absolute Gasteiger partial charge is 0.321 e. The molecule has 0 spiro atoms. The highest BCUT2D eigenvalue weighted by Gasteiger charge is 2.05. The molecule has 0 unspecified atom stereocenters. The van der Waals surface area contributed by atoms with Gasteiger partial charge in [0, 0.05) is 18.1 Å². The summed E-state index contributed by atoms with van der Waals surface area (Å²) in [5.41, 5.74) is 4.36. The van der Waals surface area contributed by atoms with Crippen molar-refractivity contribution in [1.82, 2.24) is 20.2 Å². The van der Waals surface area contributed by atoms with Gasteiger partial charge in [0.2, 0.25) is 5.95 Å². The summed E-state index contributed by atoms with van der Waals surface area (Å²) >= 11 is 0. The first-order chi connectivity index (χ1) is 10.3. The Bertz CT molecular complexity index is 692. The maximum atomic E-state index is 4.60. The summed E-state index contributed by atoms with van der Waals surface area (Å²) in [5, 5.41) is 9.78. The van der Waals surface area contributed by atoms with E-state index in [4.69, 9.17) is 0 Å². The molecule has 0 aliphatic heterocycles. The molecule has 2 aromatic heterocycles. The van der Waals surface area contributed by atoms with Crippen molar-refractivity contribution in [3.05, 3.63) is 65.7 Å². The van der Waals surface area contributed by atoms with Gasteiger partial charge in [0.05, 0.1) is 11.9 Å². The molecule has 1 aromatic carbocycles. The van der Waals surface area contributed by atoms with E-state index in [1.807, 2.05) is 19.2 Å². The van der Waals surface area contributed by atoms with Crippen molar-refractivity contribution in [1.29, 1.82) is 0 Å². The van der Waals surface area contributed by atoms with Gasteiger partial charge in [-0.15, -0.1) is 0 Å². The third kappa shape index (κ3) is 3.45. The minimum atomic E-state index is 0.602. The van der Waals surface area contributed by atoms with Crippen molar-refractivity contribution in [2.75, 3.05) is 5.32 Å². The van der Waals surface area contributed by atoms with Crippen LogP contribution in [-0.2, 0) is 12.8 Å². The highest BCUT2D eigenvalue weighted by Crippen LogP contribution is 2.14. The van der Waals surface area contributed by atoms with Crippen LogP contribution in [0.1, 0.15) is 16.8 Å². The molecule has 2 N–H and O–H groups in total. The fourth-order valence-corrected chi connectivity index (χ4v) is 2.15. The number of H-pyrrole nitrogens is 1. The molecular formula is C16H17N5. The van der Waals surface area contributed by atoms with Crippen LogP contribution >= 0.6 is 0 Å². The molecular weight excluding hydrogens is 262 g/mol. The zero-order valence-corrected chi connectivity index (χ0v) is 11.9. The minimum Gasteiger partial charge on any atom is -0.321 e. The standard InChI is InChI=1S/C16H17N5/c1-12-9-17-16(20-14-10-18-19-11-14)21-15(12)8-7-13-5-3-2-4-6-13/h2-6,9-11H,7-8H2,1H3,(H,18,19)(H,17,20,21). The van der Waals surface area contributed by atoms with E-state index in [0.29, 0.717) is 5.95 Å². The fourth-order valence-electron chi connectivity index (χ4n) is 2.15. The van der Waals surface area contributed by atoms with Crippen LogP contribution in [-0.4, -0.2) is 20.2 Å². The van der Waals surface area contributed by atoms with Gasteiger partial charge in [-0.2, -0.15) is 5.10 Å². The van der Waals surface area contributed by atoms with Crippen molar-refractivity contribution < 1.29 is 0 Å². The van der Waals surface area contributed by atoms with Gasteiger partial charge in [0.15, 0.2) is 0 Å². The molecule has 5 heteroatoms. The first-order valence-corrected chi connectivity index (χ1v) is 6.93. The predicted molar refractivity (Wildman–Crippen MR) is 82.5 cm³/mol. The average Bonchev–Trinajstić information content (AvgIpc) is 3.02. The third-order valence-electron chi connectivity index (χ3n) is 3.32. The van der Waals surface area contributed by atoms with Crippen LogP contribution in [0.15, 0.2) is 48.9 Å². The first-order valence-electron chi connectivity index (χ1n) is 6.93. The Labute approximate surface area is 123 Å². The lowest BCUT2D eigenvalue weighted by molar-refractivity contribution is 0.888. The van der Waals surface area contributed by atoms with Gasteiger partial charge >= 0.3 is 0 Å². The Morgan fingerprint density at radius 2 is 1.95 bits per heavy atom. The van der Waals surface area contributed by atoms with Crippen LogP contribution in [0.4, 0.5) is 11.6 Å². The molecule has 0 amide bonds. The Kier molecular flexibility index (Phi) is 3.91. The highest BCUT2D eigenvalue weighted by molar-refractivity contribution is 5.50. The smallest absolute Gasteiger partial charge is 0.227 e. The molecule has 5 nitrogen and oxygen atoms in total. The van der Waals surface area contributed by atoms with Crippen LogP contribution in [0, 0.1) is 6.92 Å². The maximum absolute atomic E-state index is 4.60. The summed E-state index contributed by atoms with van der Waals surface area (Å²) in [6.45, 7) is 2.04. The van der Waals surface area contributed by atoms with Gasteiger partial charge in [-0.05, 0) is 30.9 Å². The Morgan fingerprint density at radius 3 is 2.71 bits per heavy atom. The number of hydrogen-bond acceptors (Lipinski definition) is 4. The van der Waals surface area contributed by atoms with E-state index in [1.54, 1.807) is 12.4 Å². The lowest BCUT2D eigenvalue weighted by atomic mass is 10.1. The zero-order valence-electron chi connectivity index (χ0n) is 11.9. The van der Waals surface area contributed by atoms with Gasteiger partial charge in [0.1, 0.15) is 0 Å². The van der Waals surface area contributed by atoms with Gasteiger partial charge in [-0.25, -0.2) is 9.97 Å². The van der Waals surface area contributed by atoms with Crippen molar-refractivity contribution in [2.24, 2.45) is 0 Å². The van der Waals surface area contributed by atoms with Crippen molar-refractivity contribution in [2.45, 2.75) is 19.8 Å². The van der Waals surface area contributed by atoms with Crippen LogP contribution in [0.2, 0.25) is 0 Å². The predicted octanol–water partition coefficient (Wildman–Crippen LogP) is 3.04. The second-order valence-corrected chi connectivity index (χ2v) is 4.92. The summed E-state index contributed by atoms with van der Waals surface area (Å²) in [6.07, 6.45) is 7.21. The average molecular weight is 279 g/mol. The number of aromatic amines is 1. The van der Waals surface area contributed by atoms with E-state index < -0.39 is 0 Å². The SMILES string of the molecule is Cc1cnc(Nc2cn[nH]c2)nc1CCc1ccccc1. The Balaban J connectivity index is 1.72. The van der Waals surface area contributed by atoms with Crippen molar-refractivity contribution in [3.8, 4) is 0 Å². The van der Waals surface area contributed by atoms with Gasteiger partial charge in [-0.1, -0.05) is 30.3 Å². The van der Waals surface area contributed by atoms with E-state index in [0.717, 1.165) is 29.8 Å². The number of hydrogen-bond donors (Lipinski definition) is 2. The molecule has 0 bridgehead atoms. The summed E-state index contributed by atoms with van der Waals surface area (Å²) in [4.78, 5) is 8.90. The number of aryl methyl sites for hydroxylation is 3.